The molecule has 3 N–H and O–H groups in total. The lowest BCUT2D eigenvalue weighted by molar-refractivity contribution is 0.301. The first-order valence-corrected chi connectivity index (χ1v) is 6.82. The van der Waals surface area contributed by atoms with Crippen molar-refractivity contribution in [3.05, 3.63) is 27.5 Å². The molecule has 0 spiro atoms. The summed E-state index contributed by atoms with van der Waals surface area (Å²) in [5.41, 5.74) is 7.27. The van der Waals surface area contributed by atoms with Crippen molar-refractivity contribution in [3.63, 3.8) is 0 Å². The molecule has 0 aliphatic carbocycles. The van der Waals surface area contributed by atoms with Crippen molar-refractivity contribution >= 4 is 15.9 Å². The van der Waals surface area contributed by atoms with Crippen molar-refractivity contribution in [2.75, 3.05) is 20.1 Å². The molecule has 1 heterocycles. The topological polar surface area (TPSA) is 49.5 Å². The molecule has 1 saturated heterocycles. The Balaban J connectivity index is 2.45. The van der Waals surface area contributed by atoms with Gasteiger partial charge >= 0.3 is 0 Å². The zero-order valence-corrected chi connectivity index (χ0v) is 12.2. The zero-order chi connectivity index (χ0) is 13.4. The Labute approximate surface area is 115 Å². The molecule has 2 atom stereocenters. The highest BCUT2D eigenvalue weighted by molar-refractivity contribution is 9.10. The Morgan fingerprint density at radius 3 is 2.83 bits per heavy atom. The number of aromatic hydroxyl groups is 1. The first-order valence-electron chi connectivity index (χ1n) is 6.03. The second kappa shape index (κ2) is 5.15. The van der Waals surface area contributed by atoms with Gasteiger partial charge in [0, 0.05) is 22.6 Å². The van der Waals surface area contributed by atoms with Gasteiger partial charge in [0.1, 0.15) is 0 Å². The van der Waals surface area contributed by atoms with E-state index in [0.29, 0.717) is 22.5 Å². The van der Waals surface area contributed by atoms with Gasteiger partial charge in [0.2, 0.25) is 0 Å². The number of halogens is 2. The van der Waals surface area contributed by atoms with Crippen molar-refractivity contribution in [3.8, 4) is 5.75 Å². The highest BCUT2D eigenvalue weighted by Crippen LogP contribution is 2.42. The first kappa shape index (κ1) is 13.8. The van der Waals surface area contributed by atoms with E-state index < -0.39 is 5.82 Å². The zero-order valence-electron chi connectivity index (χ0n) is 10.6. The van der Waals surface area contributed by atoms with Crippen LogP contribution in [0.4, 0.5) is 4.39 Å². The van der Waals surface area contributed by atoms with Gasteiger partial charge in [-0.3, -0.25) is 4.90 Å². The molecule has 1 aliphatic rings. The maximum Gasteiger partial charge on any atom is 0.166 e. The van der Waals surface area contributed by atoms with Gasteiger partial charge in [0.05, 0.1) is 0 Å². The van der Waals surface area contributed by atoms with Crippen LogP contribution in [0.15, 0.2) is 10.5 Å². The first-order chi connectivity index (χ1) is 8.45. The molecule has 1 aromatic carbocycles. The Morgan fingerprint density at radius 2 is 2.28 bits per heavy atom. The normalized spacial score (nSPS) is 24.7. The van der Waals surface area contributed by atoms with E-state index in [2.05, 4.69) is 20.8 Å². The van der Waals surface area contributed by atoms with Gasteiger partial charge in [-0.2, -0.15) is 0 Å². The summed E-state index contributed by atoms with van der Waals surface area (Å²) in [7, 11) is 1.98. The van der Waals surface area contributed by atoms with E-state index >= 15 is 0 Å². The van der Waals surface area contributed by atoms with Gasteiger partial charge in [0.15, 0.2) is 11.6 Å². The van der Waals surface area contributed by atoms with Crippen LogP contribution >= 0.6 is 15.9 Å². The standard InChI is InChI=1S/C13H18BrFN2O/c1-7-9(14)4-10(15)13(18)12(7)11-3-8(5-16)6-17(11)2/h4,8,11,18H,3,5-6,16H2,1-2H3. The minimum Gasteiger partial charge on any atom is -0.505 e. The second-order valence-electron chi connectivity index (χ2n) is 5.02. The van der Waals surface area contributed by atoms with Crippen LogP contribution in [0.3, 0.4) is 0 Å². The minimum atomic E-state index is -0.577. The minimum absolute atomic E-state index is 0.0329. The van der Waals surface area contributed by atoms with Crippen LogP contribution in [0.1, 0.15) is 23.6 Å². The third-order valence-corrected chi connectivity index (χ3v) is 4.62. The molecule has 18 heavy (non-hydrogen) atoms. The molecule has 100 valence electrons. The van der Waals surface area contributed by atoms with Crippen molar-refractivity contribution in [1.29, 1.82) is 0 Å². The molecule has 2 rings (SSSR count). The van der Waals surface area contributed by atoms with E-state index in [-0.39, 0.29) is 11.8 Å². The average Bonchev–Trinajstić information content (AvgIpc) is 2.69. The van der Waals surface area contributed by atoms with E-state index in [1.165, 1.54) is 6.07 Å². The summed E-state index contributed by atoms with van der Waals surface area (Å²) >= 11 is 3.34. The van der Waals surface area contributed by atoms with Crippen molar-refractivity contribution in [2.24, 2.45) is 11.7 Å². The lowest BCUT2D eigenvalue weighted by Crippen LogP contribution is -2.21. The number of likely N-dealkylation sites (tertiary alicyclic amines) is 1. The quantitative estimate of drug-likeness (QED) is 0.881. The molecule has 5 heteroatoms. The van der Waals surface area contributed by atoms with Crippen molar-refractivity contribution in [1.82, 2.24) is 4.90 Å². The van der Waals surface area contributed by atoms with Gasteiger partial charge < -0.3 is 10.8 Å². The monoisotopic (exact) mass is 316 g/mol. The molecule has 1 aromatic rings. The molecular formula is C13H18BrFN2O. The summed E-state index contributed by atoms with van der Waals surface area (Å²) in [5.74, 6) is -0.405. The SMILES string of the molecule is Cc1c(Br)cc(F)c(O)c1C1CC(CN)CN1C. The Morgan fingerprint density at radius 1 is 1.61 bits per heavy atom. The smallest absolute Gasteiger partial charge is 0.166 e. The summed E-state index contributed by atoms with van der Waals surface area (Å²) < 4.78 is 14.3. The van der Waals surface area contributed by atoms with Gasteiger partial charge in [0.25, 0.3) is 0 Å². The lowest BCUT2D eigenvalue weighted by Gasteiger charge is -2.23. The van der Waals surface area contributed by atoms with Gasteiger partial charge in [-0.25, -0.2) is 4.39 Å². The number of phenols is 1. The Kier molecular flexibility index (Phi) is 3.94. The molecule has 0 saturated carbocycles. The predicted molar refractivity (Wildman–Crippen MR) is 73.0 cm³/mol. The highest BCUT2D eigenvalue weighted by Gasteiger charge is 2.33. The fraction of sp³-hybridized carbons (Fsp3) is 0.538. The largest absolute Gasteiger partial charge is 0.505 e. The van der Waals surface area contributed by atoms with E-state index in [4.69, 9.17) is 5.73 Å². The molecule has 0 radical (unpaired) electrons. The number of benzene rings is 1. The van der Waals surface area contributed by atoms with Crippen LogP contribution in [-0.4, -0.2) is 30.1 Å². The van der Waals surface area contributed by atoms with Gasteiger partial charge in [-0.15, -0.1) is 0 Å². The molecule has 1 fully saturated rings. The Hall–Kier alpha value is -0.650. The van der Waals surface area contributed by atoms with Crippen LogP contribution in [0.5, 0.6) is 5.75 Å². The lowest BCUT2D eigenvalue weighted by atomic mass is 9.95. The van der Waals surface area contributed by atoms with Crippen LogP contribution in [0.25, 0.3) is 0 Å². The summed E-state index contributed by atoms with van der Waals surface area (Å²) in [4.78, 5) is 2.13. The summed E-state index contributed by atoms with van der Waals surface area (Å²) in [5, 5.41) is 9.99. The second-order valence-corrected chi connectivity index (χ2v) is 5.87. The van der Waals surface area contributed by atoms with Crippen molar-refractivity contribution in [2.45, 2.75) is 19.4 Å². The number of rotatable bonds is 2. The number of nitrogens with zero attached hydrogens (tertiary/aromatic N) is 1. The van der Waals surface area contributed by atoms with Crippen LogP contribution in [0.2, 0.25) is 0 Å². The van der Waals surface area contributed by atoms with E-state index in [1.807, 2.05) is 14.0 Å². The fourth-order valence-corrected chi connectivity index (χ4v) is 3.16. The highest BCUT2D eigenvalue weighted by atomic mass is 79.9. The van der Waals surface area contributed by atoms with Gasteiger partial charge in [-0.05, 0) is 44.5 Å². The third-order valence-electron chi connectivity index (χ3n) is 3.80. The van der Waals surface area contributed by atoms with Crippen LogP contribution in [0, 0.1) is 18.7 Å². The molecule has 1 aliphatic heterocycles. The average molecular weight is 317 g/mol. The summed E-state index contributed by atoms with van der Waals surface area (Å²) in [6, 6.07) is 1.34. The maximum absolute atomic E-state index is 13.7. The molecule has 2 unspecified atom stereocenters. The van der Waals surface area contributed by atoms with Crippen molar-refractivity contribution < 1.29 is 9.50 Å². The summed E-state index contributed by atoms with van der Waals surface area (Å²) in [6.07, 6.45) is 0.858. The molecular weight excluding hydrogens is 299 g/mol. The molecule has 0 amide bonds. The maximum atomic E-state index is 13.7. The summed E-state index contributed by atoms with van der Waals surface area (Å²) in [6.45, 7) is 3.40. The molecule has 0 aromatic heterocycles. The number of hydrogen-bond donors (Lipinski definition) is 2. The number of hydrogen-bond acceptors (Lipinski definition) is 3. The molecule has 3 nitrogen and oxygen atoms in total. The number of nitrogens with two attached hydrogens (primary N) is 1. The van der Waals surface area contributed by atoms with E-state index in [0.717, 1.165) is 18.5 Å². The Bertz CT molecular complexity index is 441. The van der Waals surface area contributed by atoms with Crippen LogP contribution < -0.4 is 5.73 Å². The predicted octanol–water partition coefficient (Wildman–Crippen LogP) is 2.55. The van der Waals surface area contributed by atoms with Crippen LogP contribution in [-0.2, 0) is 0 Å². The van der Waals surface area contributed by atoms with Gasteiger partial charge in [-0.1, -0.05) is 15.9 Å². The fourth-order valence-electron chi connectivity index (χ4n) is 2.74. The molecule has 0 bridgehead atoms. The van der Waals surface area contributed by atoms with E-state index in [9.17, 15) is 9.50 Å². The number of phenolic OH excluding ortho intramolecular Hbond substituents is 1. The third kappa shape index (κ3) is 2.27. The van der Waals surface area contributed by atoms with E-state index in [1.54, 1.807) is 0 Å².